The quantitative estimate of drug-likeness (QED) is 0.915. The summed E-state index contributed by atoms with van der Waals surface area (Å²) >= 11 is 0. The minimum atomic E-state index is -1.07. The molecule has 126 valence electrons. The maximum Gasteiger partial charge on any atom is 0.240 e. The predicted molar refractivity (Wildman–Crippen MR) is 87.4 cm³/mol. The molecule has 0 spiro atoms. The monoisotopic (exact) mass is 332 g/mol. The Bertz CT molecular complexity index is 745. The number of amides is 2. The van der Waals surface area contributed by atoms with E-state index in [1.54, 1.807) is 0 Å². The van der Waals surface area contributed by atoms with E-state index in [0.717, 1.165) is 28.2 Å². The molecular formula is C18H18F2N2O2. The molecule has 4 nitrogen and oxygen atoms in total. The van der Waals surface area contributed by atoms with Crippen LogP contribution in [-0.4, -0.2) is 18.4 Å². The summed E-state index contributed by atoms with van der Waals surface area (Å²) in [6, 6.07) is 10.7. The molecule has 0 fully saturated rings. The van der Waals surface area contributed by atoms with Crippen LogP contribution in [-0.2, 0) is 16.1 Å². The Labute approximate surface area is 139 Å². The van der Waals surface area contributed by atoms with Gasteiger partial charge in [-0.3, -0.25) is 9.59 Å². The van der Waals surface area contributed by atoms with Crippen molar-refractivity contribution in [2.24, 2.45) is 0 Å². The van der Waals surface area contributed by atoms with Gasteiger partial charge in [-0.2, -0.15) is 0 Å². The summed E-state index contributed by atoms with van der Waals surface area (Å²) in [5.41, 5.74) is 2.18. The summed E-state index contributed by atoms with van der Waals surface area (Å²) in [4.78, 5) is 24.9. The number of hydrogen-bond donors (Lipinski definition) is 1. The summed E-state index contributed by atoms with van der Waals surface area (Å²) in [5, 5.41) is 2.70. The number of aryl methyl sites for hydroxylation is 1. The Balaban J connectivity index is 2.01. The average molecular weight is 332 g/mol. The van der Waals surface area contributed by atoms with Crippen LogP contribution in [0.1, 0.15) is 18.1 Å². The maximum absolute atomic E-state index is 13.3. The van der Waals surface area contributed by atoms with Gasteiger partial charge >= 0.3 is 0 Å². The highest BCUT2D eigenvalue weighted by Crippen LogP contribution is 2.18. The molecule has 0 bridgehead atoms. The first-order valence-corrected chi connectivity index (χ1v) is 7.42. The smallest absolute Gasteiger partial charge is 0.240 e. The number of benzene rings is 2. The van der Waals surface area contributed by atoms with Crippen molar-refractivity contribution >= 4 is 17.5 Å². The number of anilines is 1. The molecule has 0 unspecified atom stereocenters. The molecule has 2 amide bonds. The SMILES string of the molecule is CC(=O)N(CC(=O)NCc1ccc(C)cc1)c1ccc(F)c(F)c1. The zero-order valence-electron chi connectivity index (χ0n) is 13.5. The molecule has 0 heterocycles. The van der Waals surface area contributed by atoms with Crippen LogP contribution in [0.15, 0.2) is 42.5 Å². The zero-order chi connectivity index (χ0) is 17.7. The van der Waals surface area contributed by atoms with Crippen molar-refractivity contribution in [1.82, 2.24) is 5.32 Å². The van der Waals surface area contributed by atoms with Gasteiger partial charge in [0.2, 0.25) is 11.8 Å². The van der Waals surface area contributed by atoms with E-state index in [-0.39, 0.29) is 12.2 Å². The highest BCUT2D eigenvalue weighted by molar-refractivity contribution is 5.97. The third kappa shape index (κ3) is 4.62. The van der Waals surface area contributed by atoms with E-state index >= 15 is 0 Å². The molecule has 0 saturated carbocycles. The fourth-order valence-corrected chi connectivity index (χ4v) is 2.14. The van der Waals surface area contributed by atoms with Crippen molar-refractivity contribution in [2.45, 2.75) is 20.4 Å². The Morgan fingerprint density at radius 3 is 2.29 bits per heavy atom. The molecule has 0 aliphatic heterocycles. The van der Waals surface area contributed by atoms with Gasteiger partial charge in [0.25, 0.3) is 0 Å². The summed E-state index contributed by atoms with van der Waals surface area (Å²) in [5.74, 6) is -2.91. The van der Waals surface area contributed by atoms with E-state index < -0.39 is 23.4 Å². The number of halogens is 2. The molecule has 6 heteroatoms. The fraction of sp³-hybridized carbons (Fsp3) is 0.222. The van der Waals surface area contributed by atoms with E-state index in [1.165, 1.54) is 13.0 Å². The highest BCUT2D eigenvalue weighted by Gasteiger charge is 2.17. The average Bonchev–Trinajstić information content (AvgIpc) is 2.54. The summed E-state index contributed by atoms with van der Waals surface area (Å²) in [6.45, 7) is 3.28. The van der Waals surface area contributed by atoms with E-state index in [9.17, 15) is 18.4 Å². The molecule has 0 atom stereocenters. The van der Waals surface area contributed by atoms with Crippen LogP contribution >= 0.6 is 0 Å². The van der Waals surface area contributed by atoms with E-state index in [4.69, 9.17) is 0 Å². The normalized spacial score (nSPS) is 10.3. The van der Waals surface area contributed by atoms with Crippen molar-refractivity contribution in [3.05, 3.63) is 65.2 Å². The van der Waals surface area contributed by atoms with Crippen LogP contribution in [0.25, 0.3) is 0 Å². The number of rotatable bonds is 5. The maximum atomic E-state index is 13.3. The van der Waals surface area contributed by atoms with Crippen molar-refractivity contribution in [2.75, 3.05) is 11.4 Å². The van der Waals surface area contributed by atoms with Crippen molar-refractivity contribution in [3.63, 3.8) is 0 Å². The van der Waals surface area contributed by atoms with Crippen molar-refractivity contribution < 1.29 is 18.4 Å². The first-order chi connectivity index (χ1) is 11.4. The van der Waals surface area contributed by atoms with Gasteiger partial charge in [0.15, 0.2) is 11.6 Å². The lowest BCUT2D eigenvalue weighted by molar-refractivity contribution is -0.123. The fourth-order valence-electron chi connectivity index (χ4n) is 2.14. The van der Waals surface area contributed by atoms with Crippen LogP contribution in [0, 0.1) is 18.6 Å². The largest absolute Gasteiger partial charge is 0.350 e. The molecule has 2 rings (SSSR count). The van der Waals surface area contributed by atoms with Crippen LogP contribution in [0.3, 0.4) is 0 Å². The van der Waals surface area contributed by atoms with E-state index in [2.05, 4.69) is 5.32 Å². The Morgan fingerprint density at radius 2 is 1.71 bits per heavy atom. The number of carbonyl (C=O) groups excluding carboxylic acids is 2. The number of nitrogens with one attached hydrogen (secondary N) is 1. The third-order valence-electron chi connectivity index (χ3n) is 3.51. The highest BCUT2D eigenvalue weighted by atomic mass is 19.2. The van der Waals surface area contributed by atoms with Gasteiger partial charge in [-0.05, 0) is 24.6 Å². The van der Waals surface area contributed by atoms with Gasteiger partial charge in [0.1, 0.15) is 6.54 Å². The molecule has 0 aliphatic carbocycles. The first kappa shape index (κ1) is 17.6. The first-order valence-electron chi connectivity index (χ1n) is 7.42. The number of carbonyl (C=O) groups is 2. The lowest BCUT2D eigenvalue weighted by atomic mass is 10.1. The Kier molecular flexibility index (Phi) is 5.63. The second-order valence-corrected chi connectivity index (χ2v) is 5.47. The molecular weight excluding hydrogens is 314 g/mol. The molecule has 1 N–H and O–H groups in total. The summed E-state index contributed by atoms with van der Waals surface area (Å²) in [7, 11) is 0. The second-order valence-electron chi connectivity index (χ2n) is 5.47. The van der Waals surface area contributed by atoms with Gasteiger partial charge < -0.3 is 10.2 Å². The van der Waals surface area contributed by atoms with Crippen molar-refractivity contribution in [3.8, 4) is 0 Å². The zero-order valence-corrected chi connectivity index (χ0v) is 13.5. The summed E-state index contributed by atoms with van der Waals surface area (Å²) in [6.07, 6.45) is 0. The summed E-state index contributed by atoms with van der Waals surface area (Å²) < 4.78 is 26.3. The molecule has 0 aromatic heterocycles. The van der Waals surface area contributed by atoms with Gasteiger partial charge in [0, 0.05) is 25.2 Å². The Morgan fingerprint density at radius 1 is 1.04 bits per heavy atom. The molecule has 2 aromatic rings. The van der Waals surface area contributed by atoms with Crippen LogP contribution in [0.4, 0.5) is 14.5 Å². The van der Waals surface area contributed by atoms with Gasteiger partial charge in [0.05, 0.1) is 0 Å². The molecule has 0 aliphatic rings. The van der Waals surface area contributed by atoms with E-state index in [1.807, 2.05) is 31.2 Å². The van der Waals surface area contributed by atoms with Crippen molar-refractivity contribution in [1.29, 1.82) is 0 Å². The molecule has 0 saturated heterocycles. The number of hydrogen-bond acceptors (Lipinski definition) is 2. The minimum absolute atomic E-state index is 0.131. The van der Waals surface area contributed by atoms with Crippen LogP contribution in [0.2, 0.25) is 0 Å². The van der Waals surface area contributed by atoms with Gasteiger partial charge in [-0.15, -0.1) is 0 Å². The van der Waals surface area contributed by atoms with Gasteiger partial charge in [-0.1, -0.05) is 29.8 Å². The molecule has 2 aromatic carbocycles. The minimum Gasteiger partial charge on any atom is -0.350 e. The lowest BCUT2D eigenvalue weighted by Crippen LogP contribution is -2.39. The van der Waals surface area contributed by atoms with E-state index in [0.29, 0.717) is 6.54 Å². The van der Waals surface area contributed by atoms with Crippen LogP contribution < -0.4 is 10.2 Å². The van der Waals surface area contributed by atoms with Crippen LogP contribution in [0.5, 0.6) is 0 Å². The third-order valence-corrected chi connectivity index (χ3v) is 3.51. The lowest BCUT2D eigenvalue weighted by Gasteiger charge is -2.21. The number of nitrogens with zero attached hydrogens (tertiary/aromatic N) is 1. The second kappa shape index (κ2) is 7.68. The Hall–Kier alpha value is -2.76. The topological polar surface area (TPSA) is 49.4 Å². The predicted octanol–water partition coefficient (Wildman–Crippen LogP) is 2.94. The molecule has 0 radical (unpaired) electrons. The standard InChI is InChI=1S/C18H18F2N2O2/c1-12-3-5-14(6-4-12)10-21-18(24)11-22(13(2)23)15-7-8-16(19)17(20)9-15/h3-9H,10-11H2,1-2H3,(H,21,24). The van der Waals surface area contributed by atoms with Gasteiger partial charge in [-0.25, -0.2) is 8.78 Å². The molecule has 24 heavy (non-hydrogen) atoms.